The van der Waals surface area contributed by atoms with E-state index in [1.54, 1.807) is 17.3 Å². The molecule has 14 nitrogen and oxygen atoms in total. The number of carbonyl (C=O) groups excluding carboxylic acids is 4. The van der Waals surface area contributed by atoms with E-state index in [2.05, 4.69) is 60.2 Å². The molecule has 5 N–H and O–H groups in total. The number of imidazole rings is 2. The Morgan fingerprint density at radius 2 is 1.24 bits per heavy atom. The highest BCUT2D eigenvalue weighted by molar-refractivity contribution is 5.87. The van der Waals surface area contributed by atoms with Crippen LogP contribution in [-0.4, -0.2) is 81.7 Å². The predicted molar refractivity (Wildman–Crippen MR) is 209 cm³/mol. The summed E-state index contributed by atoms with van der Waals surface area (Å²) in [6, 6.07) is 14.6. The van der Waals surface area contributed by atoms with Gasteiger partial charge in [-0.2, -0.15) is 0 Å². The van der Waals surface area contributed by atoms with E-state index in [4.69, 9.17) is 9.47 Å². The van der Waals surface area contributed by atoms with Gasteiger partial charge in [0.1, 0.15) is 23.7 Å². The van der Waals surface area contributed by atoms with Crippen molar-refractivity contribution in [3.8, 4) is 33.6 Å². The fraction of sp³-hybridized carbons (Fsp3) is 0.463. The Kier molecular flexibility index (Phi) is 13.0. The van der Waals surface area contributed by atoms with Crippen LogP contribution in [0.5, 0.6) is 0 Å². The minimum Gasteiger partial charge on any atom is -0.453 e. The van der Waals surface area contributed by atoms with Crippen LogP contribution in [0.25, 0.3) is 33.6 Å². The fourth-order valence-electron chi connectivity index (χ4n) is 7.00. The van der Waals surface area contributed by atoms with Gasteiger partial charge in [0.05, 0.1) is 49.6 Å². The van der Waals surface area contributed by atoms with Crippen molar-refractivity contribution in [3.63, 3.8) is 0 Å². The van der Waals surface area contributed by atoms with Crippen LogP contribution in [0, 0.1) is 11.8 Å². The summed E-state index contributed by atoms with van der Waals surface area (Å²) < 4.78 is 9.48. The zero-order valence-electron chi connectivity index (χ0n) is 33.0. The second kappa shape index (κ2) is 17.7. The molecule has 0 unspecified atom stereocenters. The standard InChI is InChI=1S/C41H54N8O6/c1-9-32(49(10-2)37(51)34(25(5)6)47-40(53)55-8)35-42-22-30(44-35)28-16-12-26(13-17-28)27-14-18-29(19-15-27)31-23-43-38(45-31)41(20-11-21-41)48-36(50)33(24(3)4)46-39(52)54-7/h12-19,22-25,32-34H,9-11,20-21H2,1-8H3,(H,42,44)(H,43,45)(H,46,52)(H,47,53)(H,48,50)/t32-,33-,34-/m0/s1. The molecule has 4 amide bonds. The normalized spacial score (nSPS) is 15.0. The minimum absolute atomic E-state index is 0.131. The van der Waals surface area contributed by atoms with Gasteiger partial charge in [0.15, 0.2) is 0 Å². The Balaban J connectivity index is 1.26. The number of ether oxygens (including phenoxy) is 2. The maximum absolute atomic E-state index is 13.6. The molecule has 0 radical (unpaired) electrons. The molecule has 1 fully saturated rings. The lowest BCUT2D eigenvalue weighted by Crippen LogP contribution is -2.58. The van der Waals surface area contributed by atoms with Crippen LogP contribution >= 0.6 is 0 Å². The molecule has 1 aliphatic rings. The van der Waals surface area contributed by atoms with Gasteiger partial charge in [-0.1, -0.05) is 83.1 Å². The number of nitrogens with one attached hydrogen (secondary N) is 5. The number of hydrogen-bond acceptors (Lipinski definition) is 8. The number of carbonyl (C=O) groups is 4. The lowest BCUT2D eigenvalue weighted by atomic mass is 9.75. The monoisotopic (exact) mass is 754 g/mol. The summed E-state index contributed by atoms with van der Waals surface area (Å²) in [6.45, 7) is 11.9. The quantitative estimate of drug-likeness (QED) is 0.0889. The molecular weight excluding hydrogens is 701 g/mol. The highest BCUT2D eigenvalue weighted by Crippen LogP contribution is 2.41. The SMILES string of the molecule is CC[C@@H](c1ncc(-c2ccc(-c3ccc(-c4cnc(C5(NC(=O)[C@@H](NC(=O)OC)C(C)C)CCC5)[nH]4)cc3)cc2)[nH]1)N(CC)C(=O)[C@@H](NC(=O)OC)C(C)C. The van der Waals surface area contributed by atoms with E-state index in [0.29, 0.717) is 24.6 Å². The summed E-state index contributed by atoms with van der Waals surface area (Å²) in [7, 11) is 2.56. The Bertz CT molecular complexity index is 1930. The van der Waals surface area contributed by atoms with Crippen LogP contribution in [0.15, 0.2) is 60.9 Å². The van der Waals surface area contributed by atoms with Gasteiger partial charge in [0, 0.05) is 6.54 Å². The van der Waals surface area contributed by atoms with Gasteiger partial charge >= 0.3 is 12.2 Å². The van der Waals surface area contributed by atoms with Crippen molar-refractivity contribution in [1.82, 2.24) is 40.8 Å². The molecule has 2 heterocycles. The number of benzene rings is 2. The van der Waals surface area contributed by atoms with Gasteiger partial charge in [-0.05, 0) is 66.7 Å². The lowest BCUT2D eigenvalue weighted by molar-refractivity contribution is -0.137. The summed E-state index contributed by atoms with van der Waals surface area (Å²) in [5.74, 6) is 0.649. The van der Waals surface area contributed by atoms with Crippen molar-refractivity contribution in [1.29, 1.82) is 0 Å². The molecule has 294 valence electrons. The molecule has 0 bridgehead atoms. The Labute approximate surface area is 322 Å². The van der Waals surface area contributed by atoms with Gasteiger partial charge in [0.25, 0.3) is 0 Å². The van der Waals surface area contributed by atoms with Crippen LogP contribution < -0.4 is 16.0 Å². The van der Waals surface area contributed by atoms with Crippen LogP contribution in [-0.2, 0) is 24.6 Å². The molecule has 0 spiro atoms. The number of methoxy groups -OCH3 is 2. The zero-order chi connectivity index (χ0) is 39.9. The molecule has 55 heavy (non-hydrogen) atoms. The molecule has 1 aliphatic carbocycles. The van der Waals surface area contributed by atoms with Crippen molar-refractivity contribution in [2.45, 2.75) is 90.9 Å². The molecule has 0 aliphatic heterocycles. The van der Waals surface area contributed by atoms with Gasteiger partial charge in [-0.15, -0.1) is 0 Å². The summed E-state index contributed by atoms with van der Waals surface area (Å²) in [6.07, 6.45) is 5.36. The highest BCUT2D eigenvalue weighted by atomic mass is 16.5. The van der Waals surface area contributed by atoms with Gasteiger partial charge in [-0.25, -0.2) is 19.6 Å². The van der Waals surface area contributed by atoms with E-state index in [-0.39, 0.29) is 29.7 Å². The first-order valence-electron chi connectivity index (χ1n) is 19.0. The Hall–Kier alpha value is -5.66. The highest BCUT2D eigenvalue weighted by Gasteiger charge is 2.44. The maximum atomic E-state index is 13.6. The number of hydrogen-bond donors (Lipinski definition) is 5. The number of nitrogens with zero attached hydrogens (tertiary/aromatic N) is 3. The largest absolute Gasteiger partial charge is 0.453 e. The average molecular weight is 755 g/mol. The van der Waals surface area contributed by atoms with Crippen LogP contribution in [0.4, 0.5) is 9.59 Å². The first-order valence-corrected chi connectivity index (χ1v) is 19.0. The Morgan fingerprint density at radius 1 is 0.745 bits per heavy atom. The van der Waals surface area contributed by atoms with E-state index in [9.17, 15) is 19.2 Å². The van der Waals surface area contributed by atoms with Crippen molar-refractivity contribution in [3.05, 3.63) is 72.6 Å². The molecule has 4 aromatic rings. The second-order valence-corrected chi connectivity index (χ2v) is 14.7. The molecule has 5 rings (SSSR count). The third-order valence-corrected chi connectivity index (χ3v) is 10.4. The summed E-state index contributed by atoms with van der Waals surface area (Å²) in [5, 5.41) is 8.50. The van der Waals surface area contributed by atoms with Crippen molar-refractivity contribution in [2.24, 2.45) is 11.8 Å². The number of aromatic nitrogens is 4. The number of amides is 4. The van der Waals surface area contributed by atoms with E-state index < -0.39 is 29.8 Å². The smallest absolute Gasteiger partial charge is 0.407 e. The van der Waals surface area contributed by atoms with Crippen LogP contribution in [0.3, 0.4) is 0 Å². The molecule has 3 atom stereocenters. The fourth-order valence-corrected chi connectivity index (χ4v) is 7.00. The van der Waals surface area contributed by atoms with E-state index in [0.717, 1.165) is 52.9 Å². The van der Waals surface area contributed by atoms with Crippen molar-refractivity contribution in [2.75, 3.05) is 20.8 Å². The third kappa shape index (κ3) is 9.01. The molecule has 2 aromatic heterocycles. The van der Waals surface area contributed by atoms with Crippen LogP contribution in [0.1, 0.15) is 84.9 Å². The van der Waals surface area contributed by atoms with E-state index in [1.807, 2.05) is 65.8 Å². The number of alkyl carbamates (subject to hydrolysis) is 2. The van der Waals surface area contributed by atoms with Gasteiger partial charge < -0.3 is 40.3 Å². The zero-order valence-corrected chi connectivity index (χ0v) is 33.0. The number of H-pyrrole nitrogens is 2. The maximum Gasteiger partial charge on any atom is 0.407 e. The molecular formula is C41H54N8O6. The summed E-state index contributed by atoms with van der Waals surface area (Å²) >= 11 is 0. The predicted octanol–water partition coefficient (Wildman–Crippen LogP) is 6.69. The van der Waals surface area contributed by atoms with Crippen molar-refractivity contribution < 1.29 is 28.7 Å². The van der Waals surface area contributed by atoms with Crippen LogP contribution in [0.2, 0.25) is 0 Å². The van der Waals surface area contributed by atoms with E-state index >= 15 is 0 Å². The summed E-state index contributed by atoms with van der Waals surface area (Å²) in [5.41, 5.74) is 5.06. The summed E-state index contributed by atoms with van der Waals surface area (Å²) in [4.78, 5) is 68.8. The van der Waals surface area contributed by atoms with E-state index in [1.165, 1.54) is 14.2 Å². The van der Waals surface area contributed by atoms with Gasteiger partial charge in [0.2, 0.25) is 11.8 Å². The molecule has 14 heteroatoms. The minimum atomic E-state index is -0.734. The second-order valence-electron chi connectivity index (χ2n) is 14.7. The van der Waals surface area contributed by atoms with Crippen molar-refractivity contribution >= 4 is 24.0 Å². The first kappa shape index (κ1) is 40.5. The number of aromatic amines is 2. The topological polar surface area (TPSA) is 183 Å². The molecule has 0 saturated heterocycles. The van der Waals surface area contributed by atoms with Gasteiger partial charge in [-0.3, -0.25) is 9.59 Å². The third-order valence-electron chi connectivity index (χ3n) is 10.4. The average Bonchev–Trinajstić information content (AvgIpc) is 3.87. The lowest BCUT2D eigenvalue weighted by Gasteiger charge is -2.42. The molecule has 1 saturated carbocycles. The first-order chi connectivity index (χ1) is 26.3. The number of rotatable bonds is 15. The number of likely N-dealkylation sites (N-methyl/N-ethyl adjacent to an activating group) is 1. The molecule has 2 aromatic carbocycles. The Morgan fingerprint density at radius 3 is 1.69 bits per heavy atom.